The largest absolute Gasteiger partial charge is 0.361 e. The highest BCUT2D eigenvalue weighted by atomic mass is 79.9. The fraction of sp³-hybridized carbons (Fsp3) is 0.353. The predicted molar refractivity (Wildman–Crippen MR) is 90.3 cm³/mol. The Morgan fingerprint density at radius 3 is 2.61 bits per heavy atom. The summed E-state index contributed by atoms with van der Waals surface area (Å²) < 4.78 is 5.90. The zero-order chi connectivity index (χ0) is 16.7. The number of benzene rings is 1. The first-order chi connectivity index (χ1) is 11.0. The predicted octanol–water partition coefficient (Wildman–Crippen LogP) is 3.46. The van der Waals surface area contributed by atoms with E-state index in [0.29, 0.717) is 37.8 Å². The molecule has 0 aliphatic heterocycles. The van der Waals surface area contributed by atoms with Crippen LogP contribution in [-0.2, 0) is 11.2 Å². The molecule has 0 aliphatic rings. The topological polar surface area (TPSA) is 72.2 Å². The lowest BCUT2D eigenvalue weighted by Gasteiger charge is -2.04. The average Bonchev–Trinajstić information content (AvgIpc) is 2.93. The van der Waals surface area contributed by atoms with E-state index in [4.69, 9.17) is 4.52 Å². The summed E-state index contributed by atoms with van der Waals surface area (Å²) in [7, 11) is 0. The zero-order valence-corrected chi connectivity index (χ0v) is 14.6. The molecule has 0 fully saturated rings. The second-order valence-corrected chi connectivity index (χ2v) is 6.23. The lowest BCUT2D eigenvalue weighted by atomic mass is 10.1. The number of ketones is 1. The Morgan fingerprint density at radius 2 is 1.96 bits per heavy atom. The first-order valence-corrected chi connectivity index (χ1v) is 8.31. The molecule has 23 heavy (non-hydrogen) atoms. The van der Waals surface area contributed by atoms with Crippen LogP contribution in [0.3, 0.4) is 0 Å². The van der Waals surface area contributed by atoms with E-state index in [1.807, 2.05) is 25.1 Å². The van der Waals surface area contributed by atoms with Gasteiger partial charge in [-0.15, -0.1) is 0 Å². The van der Waals surface area contributed by atoms with E-state index < -0.39 is 0 Å². The van der Waals surface area contributed by atoms with Crippen LogP contribution < -0.4 is 5.32 Å². The minimum absolute atomic E-state index is 0.0474. The van der Waals surface area contributed by atoms with Gasteiger partial charge < -0.3 is 9.84 Å². The Kier molecular flexibility index (Phi) is 6.52. The van der Waals surface area contributed by atoms with E-state index in [1.165, 1.54) is 0 Å². The molecule has 1 heterocycles. The smallest absolute Gasteiger partial charge is 0.220 e. The number of amides is 1. The molecule has 0 aliphatic carbocycles. The summed E-state index contributed by atoms with van der Waals surface area (Å²) in [6, 6.07) is 9.10. The molecule has 0 saturated heterocycles. The maximum Gasteiger partial charge on any atom is 0.220 e. The van der Waals surface area contributed by atoms with Crippen molar-refractivity contribution in [3.63, 3.8) is 0 Å². The highest BCUT2D eigenvalue weighted by molar-refractivity contribution is 9.10. The summed E-state index contributed by atoms with van der Waals surface area (Å²) in [6.07, 6.45) is 1.91. The summed E-state index contributed by atoms with van der Waals surface area (Å²) in [4.78, 5) is 23.7. The van der Waals surface area contributed by atoms with E-state index >= 15 is 0 Å². The maximum atomic E-state index is 12.0. The second-order valence-electron chi connectivity index (χ2n) is 5.31. The van der Waals surface area contributed by atoms with Crippen LogP contribution >= 0.6 is 15.9 Å². The third-order valence-corrected chi connectivity index (χ3v) is 3.88. The Balaban J connectivity index is 1.62. The first-order valence-electron chi connectivity index (χ1n) is 7.52. The molecule has 2 rings (SSSR count). The Bertz CT molecular complexity index is 665. The average molecular weight is 379 g/mol. The Hall–Kier alpha value is -1.95. The molecule has 0 bridgehead atoms. The van der Waals surface area contributed by atoms with Crippen molar-refractivity contribution in [1.82, 2.24) is 10.5 Å². The zero-order valence-electron chi connectivity index (χ0n) is 13.0. The van der Waals surface area contributed by atoms with Crippen molar-refractivity contribution in [3.8, 4) is 0 Å². The number of Topliss-reactive ketones (excluding diaryl/α,β-unsaturated/α-hetero) is 1. The van der Waals surface area contributed by atoms with Crippen LogP contribution in [0.2, 0.25) is 0 Å². The van der Waals surface area contributed by atoms with Crippen LogP contribution in [0, 0.1) is 6.92 Å². The highest BCUT2D eigenvalue weighted by Crippen LogP contribution is 2.13. The van der Waals surface area contributed by atoms with Crippen molar-refractivity contribution in [3.05, 3.63) is 51.8 Å². The van der Waals surface area contributed by atoms with Gasteiger partial charge in [0.25, 0.3) is 0 Å². The number of carbonyl (C=O) groups is 2. The lowest BCUT2D eigenvalue weighted by molar-refractivity contribution is -0.121. The molecule has 0 atom stereocenters. The summed E-state index contributed by atoms with van der Waals surface area (Å²) in [5.74, 6) is 0.773. The standard InChI is InChI=1S/C17H19BrN2O3/c1-12-11-15(20-23-12)9-10-19-17(22)4-2-3-16(21)13-5-7-14(18)8-6-13/h5-8,11H,2-4,9-10H2,1H3,(H,19,22). The normalized spacial score (nSPS) is 10.5. The molecule has 0 saturated carbocycles. The van der Waals surface area contributed by atoms with Crippen molar-refractivity contribution in [2.45, 2.75) is 32.6 Å². The fourth-order valence-corrected chi connectivity index (χ4v) is 2.41. The Labute approximate surface area is 143 Å². The van der Waals surface area contributed by atoms with Gasteiger partial charge in [0.2, 0.25) is 5.91 Å². The van der Waals surface area contributed by atoms with Gasteiger partial charge in [-0.3, -0.25) is 9.59 Å². The van der Waals surface area contributed by atoms with E-state index in [9.17, 15) is 9.59 Å². The first kappa shape index (κ1) is 17.4. The van der Waals surface area contributed by atoms with Gasteiger partial charge >= 0.3 is 0 Å². The van der Waals surface area contributed by atoms with Crippen molar-refractivity contribution in [2.75, 3.05) is 6.54 Å². The number of rotatable bonds is 8. The fourth-order valence-electron chi connectivity index (χ4n) is 2.14. The van der Waals surface area contributed by atoms with Crippen LogP contribution in [0.1, 0.15) is 41.1 Å². The van der Waals surface area contributed by atoms with Crippen LogP contribution in [0.15, 0.2) is 39.3 Å². The van der Waals surface area contributed by atoms with E-state index in [1.54, 1.807) is 12.1 Å². The molecule has 1 amide bonds. The molecule has 5 nitrogen and oxygen atoms in total. The molecular formula is C17H19BrN2O3. The Morgan fingerprint density at radius 1 is 1.22 bits per heavy atom. The number of halogens is 1. The van der Waals surface area contributed by atoms with E-state index in [0.717, 1.165) is 15.9 Å². The molecule has 2 aromatic rings. The van der Waals surface area contributed by atoms with Crippen LogP contribution in [0.4, 0.5) is 0 Å². The van der Waals surface area contributed by atoms with Crippen molar-refractivity contribution in [2.24, 2.45) is 0 Å². The molecule has 1 N–H and O–H groups in total. The van der Waals surface area contributed by atoms with Crippen molar-refractivity contribution in [1.29, 1.82) is 0 Å². The number of hydrogen-bond acceptors (Lipinski definition) is 4. The third kappa shape index (κ3) is 5.98. The molecule has 0 radical (unpaired) electrons. The SMILES string of the molecule is Cc1cc(CCNC(=O)CCCC(=O)c2ccc(Br)cc2)no1. The van der Waals surface area contributed by atoms with E-state index in [-0.39, 0.29) is 11.7 Å². The molecule has 122 valence electrons. The summed E-state index contributed by atoms with van der Waals surface area (Å²) in [5, 5.41) is 6.69. The number of nitrogens with zero attached hydrogens (tertiary/aromatic N) is 1. The van der Waals surface area contributed by atoms with Gasteiger partial charge in [0.1, 0.15) is 5.76 Å². The molecular weight excluding hydrogens is 360 g/mol. The quantitative estimate of drug-likeness (QED) is 0.713. The molecule has 1 aromatic carbocycles. The minimum atomic E-state index is -0.0474. The maximum absolute atomic E-state index is 12.0. The number of aryl methyl sites for hydroxylation is 1. The number of carbonyl (C=O) groups excluding carboxylic acids is 2. The van der Waals surface area contributed by atoms with Gasteiger partial charge in [0.05, 0.1) is 5.69 Å². The van der Waals surface area contributed by atoms with Crippen LogP contribution in [0.25, 0.3) is 0 Å². The highest BCUT2D eigenvalue weighted by Gasteiger charge is 2.08. The van der Waals surface area contributed by atoms with Gasteiger partial charge in [-0.1, -0.05) is 33.2 Å². The summed E-state index contributed by atoms with van der Waals surface area (Å²) in [6.45, 7) is 2.35. The summed E-state index contributed by atoms with van der Waals surface area (Å²) >= 11 is 3.33. The van der Waals surface area contributed by atoms with Gasteiger partial charge in [0.15, 0.2) is 5.78 Å². The second kappa shape index (κ2) is 8.62. The van der Waals surface area contributed by atoms with Gasteiger partial charge in [-0.05, 0) is 25.5 Å². The van der Waals surface area contributed by atoms with E-state index in [2.05, 4.69) is 26.4 Å². The number of nitrogens with one attached hydrogen (secondary N) is 1. The van der Waals surface area contributed by atoms with Crippen LogP contribution in [0.5, 0.6) is 0 Å². The minimum Gasteiger partial charge on any atom is -0.361 e. The molecule has 1 aromatic heterocycles. The number of aromatic nitrogens is 1. The molecule has 6 heteroatoms. The summed E-state index contributed by atoms with van der Waals surface area (Å²) in [5.41, 5.74) is 1.50. The van der Waals surface area contributed by atoms with Gasteiger partial charge in [0, 0.05) is 41.9 Å². The van der Waals surface area contributed by atoms with Gasteiger partial charge in [-0.2, -0.15) is 0 Å². The molecule has 0 unspecified atom stereocenters. The monoisotopic (exact) mass is 378 g/mol. The van der Waals surface area contributed by atoms with Gasteiger partial charge in [-0.25, -0.2) is 0 Å². The van der Waals surface area contributed by atoms with Crippen LogP contribution in [-0.4, -0.2) is 23.4 Å². The van der Waals surface area contributed by atoms with Crippen molar-refractivity contribution >= 4 is 27.6 Å². The lowest BCUT2D eigenvalue weighted by Crippen LogP contribution is -2.25. The number of hydrogen-bond donors (Lipinski definition) is 1. The van der Waals surface area contributed by atoms with Crippen molar-refractivity contribution < 1.29 is 14.1 Å². The molecule has 0 spiro atoms. The third-order valence-electron chi connectivity index (χ3n) is 3.35.